The summed E-state index contributed by atoms with van der Waals surface area (Å²) in [5.74, 6) is 1.02. The number of halogens is 2. The summed E-state index contributed by atoms with van der Waals surface area (Å²) in [6.07, 6.45) is 3.98. The largest absolute Gasteiger partial charge is 0.320 e. The molecule has 0 amide bonds. The van der Waals surface area contributed by atoms with Crippen molar-refractivity contribution in [2.24, 2.45) is 0 Å². The van der Waals surface area contributed by atoms with Gasteiger partial charge in [-0.05, 0) is 32.1 Å². The van der Waals surface area contributed by atoms with Crippen molar-refractivity contribution in [1.82, 2.24) is 14.7 Å². The lowest BCUT2D eigenvalue weighted by Gasteiger charge is -2.01. The van der Waals surface area contributed by atoms with Gasteiger partial charge in [-0.25, -0.2) is 4.98 Å². The molecule has 16 heavy (non-hydrogen) atoms. The number of pyridine rings is 1. The number of nitrogens with zero attached hydrogens (tertiary/aromatic N) is 2. The average Bonchev–Trinajstić information content (AvgIpc) is 2.56. The Bertz CT molecular complexity index is 495. The highest BCUT2D eigenvalue weighted by Crippen LogP contribution is 2.22. The van der Waals surface area contributed by atoms with Crippen LogP contribution in [0.4, 0.5) is 0 Å². The number of imidazole rings is 1. The first-order chi connectivity index (χ1) is 7.72. The highest BCUT2D eigenvalue weighted by Gasteiger charge is 2.08. The minimum Gasteiger partial charge on any atom is -0.320 e. The van der Waals surface area contributed by atoms with Gasteiger partial charge in [-0.2, -0.15) is 0 Å². The summed E-state index contributed by atoms with van der Waals surface area (Å²) in [7, 11) is 1.95. The number of fused-ring (bicyclic) bond motifs is 1. The Hall–Kier alpha value is -0.580. The zero-order valence-corrected chi connectivity index (χ0v) is 11.3. The standard InChI is InChI=1S/C11H13BrClN3/c1-14-5-2-3-10-15-11(13)9-7-8(12)4-6-16(9)10/h4,6-7,14H,2-3,5H2,1H3. The molecule has 0 aliphatic rings. The van der Waals surface area contributed by atoms with Crippen molar-refractivity contribution >= 4 is 33.0 Å². The summed E-state index contributed by atoms with van der Waals surface area (Å²) in [6.45, 7) is 0.989. The Morgan fingerprint density at radius 1 is 1.56 bits per heavy atom. The minimum absolute atomic E-state index is 0.570. The van der Waals surface area contributed by atoms with Gasteiger partial charge in [0.15, 0.2) is 5.15 Å². The van der Waals surface area contributed by atoms with Crippen molar-refractivity contribution in [1.29, 1.82) is 0 Å². The zero-order chi connectivity index (χ0) is 11.5. The number of rotatable bonds is 4. The molecular formula is C11H13BrClN3. The Balaban J connectivity index is 2.32. The third kappa shape index (κ3) is 2.39. The second-order valence-electron chi connectivity index (χ2n) is 3.63. The quantitative estimate of drug-likeness (QED) is 0.880. The lowest BCUT2D eigenvalue weighted by atomic mass is 10.3. The maximum Gasteiger partial charge on any atom is 0.155 e. The molecule has 0 unspecified atom stereocenters. The molecule has 0 saturated heterocycles. The van der Waals surface area contributed by atoms with Gasteiger partial charge in [-0.1, -0.05) is 27.5 Å². The van der Waals surface area contributed by atoms with Crippen molar-refractivity contribution in [2.75, 3.05) is 13.6 Å². The van der Waals surface area contributed by atoms with Crippen LogP contribution >= 0.6 is 27.5 Å². The number of hydrogen-bond donors (Lipinski definition) is 1. The molecule has 86 valence electrons. The van der Waals surface area contributed by atoms with Gasteiger partial charge in [-0.3, -0.25) is 0 Å². The molecule has 0 fully saturated rings. The Morgan fingerprint density at radius 2 is 2.38 bits per heavy atom. The van der Waals surface area contributed by atoms with Crippen molar-refractivity contribution in [3.63, 3.8) is 0 Å². The highest BCUT2D eigenvalue weighted by atomic mass is 79.9. The third-order valence-electron chi connectivity index (χ3n) is 2.46. The zero-order valence-electron chi connectivity index (χ0n) is 9.00. The van der Waals surface area contributed by atoms with Crippen LogP contribution in [0.15, 0.2) is 22.8 Å². The van der Waals surface area contributed by atoms with Crippen LogP contribution in [0.1, 0.15) is 12.2 Å². The van der Waals surface area contributed by atoms with Crippen molar-refractivity contribution in [3.8, 4) is 0 Å². The van der Waals surface area contributed by atoms with E-state index in [1.165, 1.54) is 0 Å². The number of aromatic nitrogens is 2. The van der Waals surface area contributed by atoms with Gasteiger partial charge in [0.05, 0.1) is 5.52 Å². The van der Waals surface area contributed by atoms with Gasteiger partial charge >= 0.3 is 0 Å². The Labute approximate surface area is 108 Å². The summed E-state index contributed by atoms with van der Waals surface area (Å²) in [4.78, 5) is 4.38. The predicted molar refractivity (Wildman–Crippen MR) is 70.1 cm³/mol. The van der Waals surface area contributed by atoms with Crippen LogP contribution < -0.4 is 5.32 Å². The average molecular weight is 303 g/mol. The fourth-order valence-corrected chi connectivity index (χ4v) is 2.26. The molecule has 2 aromatic rings. The summed E-state index contributed by atoms with van der Waals surface area (Å²) < 4.78 is 3.06. The fourth-order valence-electron chi connectivity index (χ4n) is 1.68. The summed E-state index contributed by atoms with van der Waals surface area (Å²) in [5.41, 5.74) is 0.954. The molecule has 0 aliphatic heterocycles. The van der Waals surface area contributed by atoms with Crippen LogP contribution in [-0.2, 0) is 6.42 Å². The fraction of sp³-hybridized carbons (Fsp3) is 0.364. The van der Waals surface area contributed by atoms with Crippen molar-refractivity contribution < 1.29 is 0 Å². The topological polar surface area (TPSA) is 29.3 Å². The second-order valence-corrected chi connectivity index (χ2v) is 4.90. The van der Waals surface area contributed by atoms with E-state index in [1.807, 2.05) is 29.8 Å². The van der Waals surface area contributed by atoms with Crippen LogP contribution in [0.5, 0.6) is 0 Å². The summed E-state index contributed by atoms with van der Waals surface area (Å²) in [5, 5.41) is 3.69. The van der Waals surface area contributed by atoms with E-state index in [-0.39, 0.29) is 0 Å². The lowest BCUT2D eigenvalue weighted by Crippen LogP contribution is -2.09. The number of nitrogens with one attached hydrogen (secondary N) is 1. The number of hydrogen-bond acceptors (Lipinski definition) is 2. The smallest absolute Gasteiger partial charge is 0.155 e. The molecular weight excluding hydrogens is 289 g/mol. The van der Waals surface area contributed by atoms with Gasteiger partial charge in [0.25, 0.3) is 0 Å². The first kappa shape index (κ1) is 11.9. The highest BCUT2D eigenvalue weighted by molar-refractivity contribution is 9.10. The van der Waals surface area contributed by atoms with Crippen LogP contribution in [0.25, 0.3) is 5.52 Å². The molecule has 2 aromatic heterocycles. The van der Waals surface area contributed by atoms with E-state index in [1.54, 1.807) is 0 Å². The lowest BCUT2D eigenvalue weighted by molar-refractivity contribution is 0.701. The third-order valence-corrected chi connectivity index (χ3v) is 3.23. The van der Waals surface area contributed by atoms with Gasteiger partial charge in [0.2, 0.25) is 0 Å². The molecule has 5 heteroatoms. The Kier molecular flexibility index (Phi) is 3.84. The molecule has 2 rings (SSSR count). The maximum absolute atomic E-state index is 6.09. The van der Waals surface area contributed by atoms with Crippen molar-refractivity contribution in [2.45, 2.75) is 12.8 Å². The summed E-state index contributed by atoms with van der Waals surface area (Å²) >= 11 is 9.52. The molecule has 1 N–H and O–H groups in total. The molecule has 3 nitrogen and oxygen atoms in total. The van der Waals surface area contributed by atoms with Gasteiger partial charge in [-0.15, -0.1) is 0 Å². The van der Waals surface area contributed by atoms with E-state index >= 15 is 0 Å². The van der Waals surface area contributed by atoms with Crippen LogP contribution in [0.2, 0.25) is 5.15 Å². The van der Waals surface area contributed by atoms with Gasteiger partial charge in [0.1, 0.15) is 5.82 Å². The molecule has 0 aliphatic carbocycles. The van der Waals surface area contributed by atoms with E-state index in [4.69, 9.17) is 11.6 Å². The SMILES string of the molecule is CNCCCc1nc(Cl)c2cc(Br)ccn12. The molecule has 0 atom stereocenters. The Morgan fingerprint density at radius 3 is 3.12 bits per heavy atom. The molecule has 0 spiro atoms. The van der Waals surface area contributed by atoms with Crippen LogP contribution in [-0.4, -0.2) is 23.0 Å². The predicted octanol–water partition coefficient (Wildman–Crippen LogP) is 2.90. The molecule has 0 radical (unpaired) electrons. The monoisotopic (exact) mass is 301 g/mol. The first-order valence-electron chi connectivity index (χ1n) is 5.19. The van der Waals surface area contributed by atoms with Crippen LogP contribution in [0, 0.1) is 0 Å². The van der Waals surface area contributed by atoms with Gasteiger partial charge < -0.3 is 9.72 Å². The second kappa shape index (κ2) is 5.17. The molecule has 0 aromatic carbocycles. The normalized spacial score (nSPS) is 11.2. The van der Waals surface area contributed by atoms with E-state index in [0.29, 0.717) is 5.15 Å². The molecule has 0 saturated carbocycles. The first-order valence-corrected chi connectivity index (χ1v) is 6.36. The minimum atomic E-state index is 0.570. The van der Waals surface area contributed by atoms with E-state index in [2.05, 4.69) is 26.2 Å². The van der Waals surface area contributed by atoms with Crippen molar-refractivity contribution in [3.05, 3.63) is 33.8 Å². The maximum atomic E-state index is 6.09. The van der Waals surface area contributed by atoms with Crippen LogP contribution in [0.3, 0.4) is 0 Å². The molecule has 2 heterocycles. The summed E-state index contributed by atoms with van der Waals surface area (Å²) in [6, 6.07) is 3.98. The van der Waals surface area contributed by atoms with E-state index < -0.39 is 0 Å². The molecule has 0 bridgehead atoms. The van der Waals surface area contributed by atoms with E-state index in [0.717, 1.165) is 35.2 Å². The number of aryl methyl sites for hydroxylation is 1. The van der Waals surface area contributed by atoms with Gasteiger partial charge in [0, 0.05) is 17.1 Å². The van der Waals surface area contributed by atoms with E-state index in [9.17, 15) is 0 Å².